The molecule has 1 fully saturated rings. The van der Waals surface area contributed by atoms with E-state index in [1.165, 1.54) is 0 Å². The van der Waals surface area contributed by atoms with Crippen LogP contribution in [-0.4, -0.2) is 43.2 Å². The van der Waals surface area contributed by atoms with Gasteiger partial charge in [0.05, 0.1) is 29.7 Å². The van der Waals surface area contributed by atoms with Gasteiger partial charge in [0.2, 0.25) is 0 Å². The van der Waals surface area contributed by atoms with Gasteiger partial charge in [-0.05, 0) is 45.8 Å². The number of aromatic nitrogens is 1. The third-order valence-corrected chi connectivity index (χ3v) is 3.63. The maximum atomic E-state index is 11.5. The van der Waals surface area contributed by atoms with Crippen LogP contribution in [0.1, 0.15) is 34.6 Å². The van der Waals surface area contributed by atoms with Crippen LogP contribution in [-0.2, 0) is 4.74 Å². The monoisotopic (exact) mass is 292 g/mol. The smallest absolute Gasteiger partial charge is 0.252 e. The van der Waals surface area contributed by atoms with E-state index in [-0.39, 0.29) is 0 Å². The number of hydrogen-bond acceptors (Lipinski definition) is 5. The molecule has 21 heavy (non-hydrogen) atoms. The maximum Gasteiger partial charge on any atom is 0.252 e. The number of rotatable bonds is 6. The number of pyridine rings is 1. The number of carbonyl (C=O) groups excluding carboxylic acids is 1. The van der Waals surface area contributed by atoms with Crippen molar-refractivity contribution in [1.82, 2.24) is 10.3 Å². The molecular formula is C15H24N4O2. The number of nitrogens with one attached hydrogen (secondary N) is 2. The van der Waals surface area contributed by atoms with Crippen LogP contribution < -0.4 is 16.4 Å². The van der Waals surface area contributed by atoms with Crippen molar-refractivity contribution < 1.29 is 9.53 Å². The molecule has 1 amide bonds. The molecule has 0 spiro atoms. The first kappa shape index (κ1) is 15.7. The molecule has 1 aromatic rings. The minimum Gasteiger partial charge on any atom is -0.382 e. The molecule has 1 aromatic heterocycles. The lowest BCUT2D eigenvalue weighted by molar-refractivity contribution is 0.0394. The number of ether oxygens (including phenoxy) is 1. The lowest BCUT2D eigenvalue weighted by Crippen LogP contribution is -2.33. The van der Waals surface area contributed by atoms with Gasteiger partial charge in [0.15, 0.2) is 0 Å². The van der Waals surface area contributed by atoms with Gasteiger partial charge in [0.1, 0.15) is 0 Å². The molecule has 2 heterocycles. The van der Waals surface area contributed by atoms with E-state index in [0.717, 1.165) is 37.3 Å². The number of piperidine rings is 1. The van der Waals surface area contributed by atoms with E-state index in [1.807, 2.05) is 13.0 Å². The second kappa shape index (κ2) is 7.38. The highest BCUT2D eigenvalue weighted by Crippen LogP contribution is 2.19. The minimum absolute atomic E-state index is 0.338. The summed E-state index contributed by atoms with van der Waals surface area (Å²) < 4.78 is 5.83. The van der Waals surface area contributed by atoms with Crippen molar-refractivity contribution in [3.63, 3.8) is 0 Å². The lowest BCUT2D eigenvalue weighted by atomic mass is 10.1. The largest absolute Gasteiger partial charge is 0.382 e. The van der Waals surface area contributed by atoms with Crippen molar-refractivity contribution in [3.8, 4) is 0 Å². The third kappa shape index (κ3) is 4.41. The Morgan fingerprint density at radius 1 is 1.48 bits per heavy atom. The Morgan fingerprint density at radius 3 is 2.86 bits per heavy atom. The van der Waals surface area contributed by atoms with Gasteiger partial charge in [-0.2, -0.15) is 0 Å². The number of aryl methyl sites for hydroxylation is 2. The second-order valence-electron chi connectivity index (χ2n) is 5.38. The Morgan fingerprint density at radius 2 is 2.19 bits per heavy atom. The molecule has 116 valence electrons. The van der Waals surface area contributed by atoms with E-state index in [4.69, 9.17) is 10.5 Å². The van der Waals surface area contributed by atoms with Crippen molar-refractivity contribution in [2.24, 2.45) is 5.73 Å². The molecule has 0 unspecified atom stereocenters. The van der Waals surface area contributed by atoms with E-state index in [1.54, 1.807) is 6.92 Å². The van der Waals surface area contributed by atoms with E-state index in [2.05, 4.69) is 15.6 Å². The summed E-state index contributed by atoms with van der Waals surface area (Å²) in [5, 5.41) is 6.54. The number of anilines is 1. The number of primary amides is 1. The number of hydrogen-bond donors (Lipinski definition) is 3. The molecule has 1 aliphatic rings. The topological polar surface area (TPSA) is 89.3 Å². The normalized spacial score (nSPS) is 15.9. The highest BCUT2D eigenvalue weighted by Gasteiger charge is 2.15. The summed E-state index contributed by atoms with van der Waals surface area (Å²) in [6.07, 6.45) is 2.45. The van der Waals surface area contributed by atoms with E-state index in [9.17, 15) is 4.79 Å². The quantitative estimate of drug-likeness (QED) is 0.680. The zero-order valence-electron chi connectivity index (χ0n) is 12.7. The van der Waals surface area contributed by atoms with Gasteiger partial charge in [-0.1, -0.05) is 0 Å². The fraction of sp³-hybridized carbons (Fsp3) is 0.600. The van der Waals surface area contributed by atoms with Crippen molar-refractivity contribution in [2.75, 3.05) is 31.6 Å². The highest BCUT2D eigenvalue weighted by atomic mass is 16.5. The lowest BCUT2D eigenvalue weighted by Gasteiger charge is -2.23. The Bertz CT molecular complexity index is 499. The van der Waals surface area contributed by atoms with Gasteiger partial charge >= 0.3 is 0 Å². The van der Waals surface area contributed by atoms with Crippen molar-refractivity contribution in [2.45, 2.75) is 32.8 Å². The molecule has 1 aliphatic heterocycles. The van der Waals surface area contributed by atoms with Crippen LogP contribution in [0.4, 0.5) is 5.69 Å². The van der Waals surface area contributed by atoms with E-state index >= 15 is 0 Å². The summed E-state index contributed by atoms with van der Waals surface area (Å²) in [5.74, 6) is -0.457. The predicted molar refractivity (Wildman–Crippen MR) is 82.6 cm³/mol. The summed E-state index contributed by atoms with van der Waals surface area (Å²) in [7, 11) is 0. The van der Waals surface area contributed by atoms with E-state index < -0.39 is 5.91 Å². The molecule has 4 N–H and O–H groups in total. The molecule has 0 bridgehead atoms. The Balaban J connectivity index is 1.88. The molecule has 0 aliphatic carbocycles. The minimum atomic E-state index is -0.457. The molecule has 0 atom stereocenters. The SMILES string of the molecule is Cc1cc(NCCOC2CCNCC2)c(C(N)=O)c(C)n1. The number of nitrogens with two attached hydrogens (primary N) is 1. The summed E-state index contributed by atoms with van der Waals surface area (Å²) in [6.45, 7) is 6.99. The van der Waals surface area contributed by atoms with Gasteiger partial charge in [0.25, 0.3) is 5.91 Å². The predicted octanol–water partition coefficient (Wildman–Crippen LogP) is 0.978. The van der Waals surface area contributed by atoms with Crippen molar-refractivity contribution in [1.29, 1.82) is 0 Å². The molecule has 0 saturated carbocycles. The fourth-order valence-corrected chi connectivity index (χ4v) is 2.65. The number of amides is 1. The van der Waals surface area contributed by atoms with Gasteiger partial charge in [-0.3, -0.25) is 9.78 Å². The first-order valence-corrected chi connectivity index (χ1v) is 7.42. The van der Waals surface area contributed by atoms with Crippen LogP contribution in [0.25, 0.3) is 0 Å². The van der Waals surface area contributed by atoms with Gasteiger partial charge in [-0.25, -0.2) is 0 Å². The Hall–Kier alpha value is -1.66. The van der Waals surface area contributed by atoms with E-state index in [0.29, 0.717) is 30.5 Å². The molecule has 0 aromatic carbocycles. The average molecular weight is 292 g/mol. The van der Waals surface area contributed by atoms with Crippen LogP contribution in [0, 0.1) is 13.8 Å². The number of carbonyl (C=O) groups is 1. The first-order valence-electron chi connectivity index (χ1n) is 7.42. The Kier molecular flexibility index (Phi) is 5.52. The maximum absolute atomic E-state index is 11.5. The Labute approximate surface area is 125 Å². The molecule has 2 rings (SSSR count). The fourth-order valence-electron chi connectivity index (χ4n) is 2.65. The summed E-state index contributed by atoms with van der Waals surface area (Å²) in [4.78, 5) is 15.8. The summed E-state index contributed by atoms with van der Waals surface area (Å²) >= 11 is 0. The second-order valence-corrected chi connectivity index (χ2v) is 5.38. The zero-order chi connectivity index (χ0) is 15.2. The molecule has 1 saturated heterocycles. The standard InChI is InChI=1S/C15H24N4O2/c1-10-9-13(14(15(16)20)11(2)19-10)18-7-8-21-12-3-5-17-6-4-12/h9,12,17H,3-8H2,1-2H3,(H2,16,20)(H,18,19). The van der Waals surface area contributed by atoms with Crippen molar-refractivity contribution in [3.05, 3.63) is 23.0 Å². The van der Waals surface area contributed by atoms with Gasteiger partial charge in [0, 0.05) is 12.2 Å². The van der Waals surface area contributed by atoms with Crippen LogP contribution in [0.3, 0.4) is 0 Å². The zero-order valence-corrected chi connectivity index (χ0v) is 12.7. The molecule has 0 radical (unpaired) electrons. The van der Waals surface area contributed by atoms with Crippen LogP contribution in [0.2, 0.25) is 0 Å². The van der Waals surface area contributed by atoms with Crippen LogP contribution in [0.5, 0.6) is 0 Å². The van der Waals surface area contributed by atoms with Gasteiger partial charge < -0.3 is 21.1 Å². The first-order chi connectivity index (χ1) is 10.1. The van der Waals surface area contributed by atoms with Crippen molar-refractivity contribution >= 4 is 11.6 Å². The number of nitrogens with zero attached hydrogens (tertiary/aromatic N) is 1. The van der Waals surface area contributed by atoms with Crippen LogP contribution in [0.15, 0.2) is 6.07 Å². The molecular weight excluding hydrogens is 268 g/mol. The van der Waals surface area contributed by atoms with Crippen LogP contribution >= 0.6 is 0 Å². The third-order valence-electron chi connectivity index (χ3n) is 3.63. The highest BCUT2D eigenvalue weighted by molar-refractivity contribution is 5.99. The summed E-state index contributed by atoms with van der Waals surface area (Å²) in [5.41, 5.74) is 8.14. The average Bonchev–Trinajstić information content (AvgIpc) is 2.43. The molecule has 6 nitrogen and oxygen atoms in total. The van der Waals surface area contributed by atoms with Gasteiger partial charge in [-0.15, -0.1) is 0 Å². The molecule has 6 heteroatoms. The summed E-state index contributed by atoms with van der Waals surface area (Å²) in [6, 6.07) is 1.84.